The van der Waals surface area contributed by atoms with Gasteiger partial charge in [-0.25, -0.2) is 0 Å². The number of nitrogens with one attached hydrogen (secondary N) is 3. The van der Waals surface area contributed by atoms with Gasteiger partial charge >= 0.3 is 0 Å². The van der Waals surface area contributed by atoms with Crippen molar-refractivity contribution in [2.45, 2.75) is 18.9 Å². The Hall–Kier alpha value is -3.10. The standard InChI is InChI=1S/C23H29N3O5/c1-29-13-14-31-20-10-8-19(9-11-20)26-22(27)16-24-18-6-4-17(5-7-18)23(28)25-15-21-3-2-12-30-21/h4-11,21,24H,2-3,12-16H2,1H3,(H,25,28)(H,26,27). The van der Waals surface area contributed by atoms with Gasteiger partial charge in [0.1, 0.15) is 12.4 Å². The molecule has 2 amide bonds. The lowest BCUT2D eigenvalue weighted by Crippen LogP contribution is -2.31. The molecule has 0 saturated carbocycles. The predicted molar refractivity (Wildman–Crippen MR) is 119 cm³/mol. The number of anilines is 2. The fourth-order valence-corrected chi connectivity index (χ4v) is 3.12. The first-order valence-corrected chi connectivity index (χ1v) is 10.4. The summed E-state index contributed by atoms with van der Waals surface area (Å²) in [4.78, 5) is 24.4. The van der Waals surface area contributed by atoms with Crippen LogP contribution in [-0.2, 0) is 14.3 Å². The first-order valence-electron chi connectivity index (χ1n) is 10.4. The minimum absolute atomic E-state index is 0.108. The van der Waals surface area contributed by atoms with E-state index in [0.29, 0.717) is 36.8 Å². The summed E-state index contributed by atoms with van der Waals surface area (Å²) in [7, 11) is 1.62. The monoisotopic (exact) mass is 427 g/mol. The number of hydrogen-bond donors (Lipinski definition) is 3. The van der Waals surface area contributed by atoms with E-state index in [-0.39, 0.29) is 24.5 Å². The van der Waals surface area contributed by atoms with Crippen molar-refractivity contribution in [1.82, 2.24) is 5.32 Å². The normalized spacial score (nSPS) is 15.3. The average molecular weight is 428 g/mol. The van der Waals surface area contributed by atoms with E-state index in [2.05, 4.69) is 16.0 Å². The van der Waals surface area contributed by atoms with Crippen LogP contribution in [0.3, 0.4) is 0 Å². The van der Waals surface area contributed by atoms with Gasteiger partial charge in [0, 0.05) is 37.2 Å². The van der Waals surface area contributed by atoms with Gasteiger partial charge in [0.2, 0.25) is 5.91 Å². The molecule has 166 valence electrons. The van der Waals surface area contributed by atoms with Crippen molar-refractivity contribution in [3.63, 3.8) is 0 Å². The molecule has 31 heavy (non-hydrogen) atoms. The Morgan fingerprint density at radius 3 is 2.45 bits per heavy atom. The molecule has 8 heteroatoms. The maximum Gasteiger partial charge on any atom is 0.251 e. The molecule has 1 unspecified atom stereocenters. The molecule has 1 heterocycles. The van der Waals surface area contributed by atoms with Crippen molar-refractivity contribution >= 4 is 23.2 Å². The number of methoxy groups -OCH3 is 1. The zero-order valence-corrected chi connectivity index (χ0v) is 17.7. The van der Waals surface area contributed by atoms with E-state index in [0.717, 1.165) is 25.1 Å². The smallest absolute Gasteiger partial charge is 0.251 e. The van der Waals surface area contributed by atoms with Crippen molar-refractivity contribution in [2.75, 3.05) is 50.7 Å². The number of amides is 2. The molecule has 1 aliphatic heterocycles. The van der Waals surface area contributed by atoms with Crippen LogP contribution in [0.25, 0.3) is 0 Å². The molecule has 0 bridgehead atoms. The van der Waals surface area contributed by atoms with Crippen LogP contribution in [-0.4, -0.2) is 57.9 Å². The van der Waals surface area contributed by atoms with Gasteiger partial charge in [0.05, 0.1) is 19.3 Å². The molecule has 2 aromatic rings. The van der Waals surface area contributed by atoms with Crippen LogP contribution in [0.5, 0.6) is 5.75 Å². The summed E-state index contributed by atoms with van der Waals surface area (Å²) in [6.45, 7) is 2.39. The minimum atomic E-state index is -0.175. The zero-order chi connectivity index (χ0) is 21.9. The second kappa shape index (κ2) is 11.9. The topological polar surface area (TPSA) is 97.9 Å². The summed E-state index contributed by atoms with van der Waals surface area (Å²) in [6.07, 6.45) is 2.14. The summed E-state index contributed by atoms with van der Waals surface area (Å²) in [5.41, 5.74) is 2.01. The van der Waals surface area contributed by atoms with Crippen molar-refractivity contribution in [3.8, 4) is 5.75 Å². The molecular formula is C23H29N3O5. The molecule has 1 saturated heterocycles. The Labute approximate surface area is 182 Å². The highest BCUT2D eigenvalue weighted by molar-refractivity contribution is 5.95. The van der Waals surface area contributed by atoms with Crippen molar-refractivity contribution in [1.29, 1.82) is 0 Å². The first kappa shape index (κ1) is 22.6. The molecule has 0 aliphatic carbocycles. The summed E-state index contributed by atoms with van der Waals surface area (Å²) in [5, 5.41) is 8.77. The Morgan fingerprint density at radius 1 is 1.03 bits per heavy atom. The van der Waals surface area contributed by atoms with Gasteiger partial charge in [-0.15, -0.1) is 0 Å². The Kier molecular flexibility index (Phi) is 8.69. The van der Waals surface area contributed by atoms with Crippen LogP contribution >= 0.6 is 0 Å². The fraction of sp³-hybridized carbons (Fsp3) is 0.391. The Balaban J connectivity index is 1.39. The lowest BCUT2D eigenvalue weighted by atomic mass is 10.2. The van der Waals surface area contributed by atoms with E-state index >= 15 is 0 Å². The van der Waals surface area contributed by atoms with Crippen LogP contribution in [0.15, 0.2) is 48.5 Å². The third kappa shape index (κ3) is 7.58. The molecule has 8 nitrogen and oxygen atoms in total. The second-order valence-corrected chi connectivity index (χ2v) is 7.19. The quantitative estimate of drug-likeness (QED) is 0.477. The molecule has 0 spiro atoms. The van der Waals surface area contributed by atoms with Crippen molar-refractivity contribution in [2.24, 2.45) is 0 Å². The minimum Gasteiger partial charge on any atom is -0.491 e. The molecule has 1 fully saturated rings. The van der Waals surface area contributed by atoms with E-state index < -0.39 is 0 Å². The van der Waals surface area contributed by atoms with Crippen molar-refractivity contribution < 1.29 is 23.8 Å². The summed E-state index contributed by atoms with van der Waals surface area (Å²) >= 11 is 0. The Morgan fingerprint density at radius 2 is 1.77 bits per heavy atom. The molecule has 0 aromatic heterocycles. The number of carbonyl (C=O) groups is 2. The van der Waals surface area contributed by atoms with E-state index in [4.69, 9.17) is 14.2 Å². The van der Waals surface area contributed by atoms with Gasteiger partial charge in [-0.1, -0.05) is 0 Å². The van der Waals surface area contributed by atoms with E-state index in [1.807, 2.05) is 0 Å². The number of carbonyl (C=O) groups excluding carboxylic acids is 2. The van der Waals surface area contributed by atoms with Gasteiger partial charge < -0.3 is 30.2 Å². The van der Waals surface area contributed by atoms with Gasteiger partial charge in [-0.2, -0.15) is 0 Å². The highest BCUT2D eigenvalue weighted by Gasteiger charge is 2.16. The molecule has 1 aliphatic rings. The van der Waals surface area contributed by atoms with Crippen LogP contribution in [0, 0.1) is 0 Å². The fourth-order valence-electron chi connectivity index (χ4n) is 3.12. The molecular weight excluding hydrogens is 398 g/mol. The molecule has 1 atom stereocenters. The lowest BCUT2D eigenvalue weighted by Gasteiger charge is -2.11. The third-order valence-electron chi connectivity index (χ3n) is 4.81. The third-order valence-corrected chi connectivity index (χ3v) is 4.81. The van der Waals surface area contributed by atoms with Gasteiger partial charge in [-0.3, -0.25) is 9.59 Å². The SMILES string of the molecule is COCCOc1ccc(NC(=O)CNc2ccc(C(=O)NCC3CCCO3)cc2)cc1. The predicted octanol–water partition coefficient (Wildman–Crippen LogP) is 2.67. The summed E-state index contributed by atoms with van der Waals surface area (Å²) < 4.78 is 15.9. The van der Waals surface area contributed by atoms with Crippen LogP contribution in [0.1, 0.15) is 23.2 Å². The maximum atomic E-state index is 12.2. The number of benzene rings is 2. The largest absolute Gasteiger partial charge is 0.491 e. The van der Waals surface area contributed by atoms with Gasteiger partial charge in [0.15, 0.2) is 0 Å². The van der Waals surface area contributed by atoms with Crippen LogP contribution in [0.4, 0.5) is 11.4 Å². The van der Waals surface area contributed by atoms with E-state index in [1.165, 1.54) is 0 Å². The van der Waals surface area contributed by atoms with Crippen LogP contribution < -0.4 is 20.7 Å². The molecule has 2 aromatic carbocycles. The Bertz CT molecular complexity index is 833. The number of ether oxygens (including phenoxy) is 3. The maximum absolute atomic E-state index is 12.2. The van der Waals surface area contributed by atoms with E-state index in [9.17, 15) is 9.59 Å². The van der Waals surface area contributed by atoms with Gasteiger partial charge in [0.25, 0.3) is 5.91 Å². The summed E-state index contributed by atoms with van der Waals surface area (Å²) in [6, 6.07) is 14.2. The molecule has 3 N–H and O–H groups in total. The lowest BCUT2D eigenvalue weighted by molar-refractivity contribution is -0.114. The van der Waals surface area contributed by atoms with E-state index in [1.54, 1.807) is 55.6 Å². The molecule has 0 radical (unpaired) electrons. The van der Waals surface area contributed by atoms with Gasteiger partial charge in [-0.05, 0) is 61.4 Å². The van der Waals surface area contributed by atoms with Crippen molar-refractivity contribution in [3.05, 3.63) is 54.1 Å². The van der Waals surface area contributed by atoms with Crippen LogP contribution in [0.2, 0.25) is 0 Å². The first-order chi connectivity index (χ1) is 15.1. The highest BCUT2D eigenvalue weighted by Crippen LogP contribution is 2.16. The molecule has 3 rings (SSSR count). The second-order valence-electron chi connectivity index (χ2n) is 7.19. The highest BCUT2D eigenvalue weighted by atomic mass is 16.5. The number of hydrogen-bond acceptors (Lipinski definition) is 6. The zero-order valence-electron chi connectivity index (χ0n) is 17.7. The average Bonchev–Trinajstić information content (AvgIpc) is 3.31. The number of rotatable bonds is 11. The summed E-state index contributed by atoms with van der Waals surface area (Å²) in [5.74, 6) is 0.411.